The van der Waals surface area contributed by atoms with Crippen molar-refractivity contribution in [2.75, 3.05) is 0 Å². The zero-order valence-corrected chi connectivity index (χ0v) is 8.59. The molecule has 0 aliphatic rings. The van der Waals surface area contributed by atoms with E-state index < -0.39 is 6.36 Å². The summed E-state index contributed by atoms with van der Waals surface area (Å²) in [5.74, 6) is -0.186. The van der Waals surface area contributed by atoms with E-state index in [2.05, 4.69) is 9.25 Å². The Kier molecular flexibility index (Phi) is 3.29. The van der Waals surface area contributed by atoms with Gasteiger partial charge in [-0.25, -0.2) is 0 Å². The van der Waals surface area contributed by atoms with Crippen molar-refractivity contribution in [3.05, 3.63) is 27.8 Å². The van der Waals surface area contributed by atoms with Crippen LogP contribution in [-0.2, 0) is 0 Å². The predicted molar refractivity (Wildman–Crippen MR) is 53.0 cm³/mol. The molecule has 0 heterocycles. The second-order valence-corrected chi connectivity index (χ2v) is 4.14. The molecule has 0 bridgehead atoms. The smallest absolute Gasteiger partial charge is 0.406 e. The predicted octanol–water partition coefficient (Wildman–Crippen LogP) is 3.16. The van der Waals surface area contributed by atoms with Gasteiger partial charge in [0.1, 0.15) is 5.75 Å². The van der Waals surface area contributed by atoms with Gasteiger partial charge in [-0.3, -0.25) is 0 Å². The van der Waals surface area contributed by atoms with E-state index in [-0.39, 0.29) is 26.5 Å². The lowest BCUT2D eigenvalue weighted by atomic mass is 10.3. The van der Waals surface area contributed by atoms with Crippen LogP contribution in [0, 0.1) is 3.57 Å². The maximum absolute atomic E-state index is 11.7. The largest absolute Gasteiger partial charge is 0.573 e. The lowest BCUT2D eigenvalue weighted by Gasteiger charge is -2.08. The summed E-state index contributed by atoms with van der Waals surface area (Å²) >= 11 is -0.324. The average Bonchev–Trinajstić information content (AvgIpc) is 2.03. The Bertz CT molecular complexity index is 291. The van der Waals surface area contributed by atoms with Crippen LogP contribution in [0.2, 0.25) is 0 Å². The first-order valence-electron chi connectivity index (χ1n) is 3.25. The minimum atomic E-state index is -4.61. The maximum Gasteiger partial charge on any atom is 0.573 e. The molecule has 0 atom stereocenters. The van der Waals surface area contributed by atoms with E-state index in [1.807, 2.05) is 0 Å². The Labute approximate surface area is 83.3 Å². The van der Waals surface area contributed by atoms with Crippen molar-refractivity contribution in [1.29, 1.82) is 0 Å². The van der Waals surface area contributed by atoms with Gasteiger partial charge in [-0.05, 0) is 24.3 Å². The number of rotatable bonds is 2. The Morgan fingerprint density at radius 3 is 2.08 bits per heavy atom. The SMILES string of the molecule is C=Ic1ccc(OC(F)(F)F)cc1. The van der Waals surface area contributed by atoms with Crippen molar-refractivity contribution in [2.24, 2.45) is 0 Å². The minimum Gasteiger partial charge on any atom is -0.406 e. The van der Waals surface area contributed by atoms with E-state index in [0.29, 0.717) is 0 Å². The molecule has 5 heteroatoms. The molecule has 1 rings (SSSR count). The highest BCUT2D eigenvalue weighted by molar-refractivity contribution is 14.2. The molecule has 0 radical (unpaired) electrons. The topological polar surface area (TPSA) is 9.23 Å². The fourth-order valence-corrected chi connectivity index (χ4v) is 1.59. The number of ether oxygens (including phenoxy) is 1. The van der Waals surface area contributed by atoms with Gasteiger partial charge in [-0.1, -0.05) is 25.2 Å². The molecule has 0 saturated carbocycles. The first-order chi connectivity index (χ1) is 6.01. The second-order valence-electron chi connectivity index (χ2n) is 2.14. The molecule has 0 unspecified atom stereocenters. The first kappa shape index (κ1) is 10.5. The Morgan fingerprint density at radius 1 is 1.15 bits per heavy atom. The quantitative estimate of drug-likeness (QED) is 0.763. The molecule has 0 spiro atoms. The lowest BCUT2D eigenvalue weighted by Crippen LogP contribution is -2.16. The fraction of sp³-hybridized carbons (Fsp3) is 0.125. The van der Waals surface area contributed by atoms with E-state index in [4.69, 9.17) is 0 Å². The molecule has 0 fully saturated rings. The molecule has 1 aromatic carbocycles. The third-order valence-electron chi connectivity index (χ3n) is 1.20. The van der Waals surface area contributed by atoms with Crippen LogP contribution in [0.15, 0.2) is 24.3 Å². The monoisotopic (exact) mass is 302 g/mol. The lowest BCUT2D eigenvalue weighted by molar-refractivity contribution is -0.274. The molecule has 0 N–H and O–H groups in total. The number of halogens is 4. The number of benzene rings is 1. The zero-order valence-electron chi connectivity index (χ0n) is 6.44. The van der Waals surface area contributed by atoms with Crippen molar-refractivity contribution >= 4 is 25.2 Å². The van der Waals surface area contributed by atoms with Crippen LogP contribution in [0.4, 0.5) is 13.2 Å². The summed E-state index contributed by atoms with van der Waals surface area (Å²) in [5.41, 5.74) is 0. The van der Waals surface area contributed by atoms with Crippen molar-refractivity contribution < 1.29 is 17.9 Å². The van der Waals surface area contributed by atoms with Crippen LogP contribution >= 0.6 is 20.7 Å². The summed E-state index contributed by atoms with van der Waals surface area (Å²) in [5, 5.41) is 0. The van der Waals surface area contributed by atoms with E-state index >= 15 is 0 Å². The number of hydrogen-bond acceptors (Lipinski definition) is 1. The van der Waals surface area contributed by atoms with Gasteiger partial charge >= 0.3 is 6.36 Å². The number of hydrogen-bond donors (Lipinski definition) is 0. The van der Waals surface area contributed by atoms with Crippen LogP contribution in [0.1, 0.15) is 0 Å². The van der Waals surface area contributed by atoms with Gasteiger partial charge < -0.3 is 4.74 Å². The second kappa shape index (κ2) is 4.08. The van der Waals surface area contributed by atoms with Gasteiger partial charge in [-0.15, -0.1) is 13.2 Å². The first-order valence-corrected chi connectivity index (χ1v) is 5.86. The van der Waals surface area contributed by atoms with Gasteiger partial charge in [-0.2, -0.15) is 0 Å². The normalized spacial score (nSPS) is 11.3. The van der Waals surface area contributed by atoms with Crippen LogP contribution in [0.5, 0.6) is 5.75 Å². The molecule has 0 aliphatic carbocycles. The molecular formula is C8H6F3IO. The van der Waals surface area contributed by atoms with Crippen LogP contribution in [-0.4, -0.2) is 10.9 Å². The Hall–Kier alpha value is -0.590. The van der Waals surface area contributed by atoms with E-state index in [1.165, 1.54) is 12.1 Å². The van der Waals surface area contributed by atoms with Crippen LogP contribution < -0.4 is 4.74 Å². The summed E-state index contributed by atoms with van der Waals surface area (Å²) in [4.78, 5) is 0. The van der Waals surface area contributed by atoms with E-state index in [1.54, 1.807) is 12.1 Å². The molecule has 0 aliphatic heterocycles. The third-order valence-corrected chi connectivity index (χ3v) is 2.80. The summed E-state index contributed by atoms with van der Waals surface area (Å²) in [6.45, 7) is 0. The van der Waals surface area contributed by atoms with E-state index in [9.17, 15) is 13.2 Å². The summed E-state index contributed by atoms with van der Waals surface area (Å²) in [6.07, 6.45) is -4.61. The molecule has 72 valence electrons. The average molecular weight is 302 g/mol. The Balaban J connectivity index is 2.75. The van der Waals surface area contributed by atoms with Crippen LogP contribution in [0.25, 0.3) is 0 Å². The Morgan fingerprint density at radius 2 is 1.69 bits per heavy atom. The van der Waals surface area contributed by atoms with Crippen LogP contribution in [0.3, 0.4) is 0 Å². The third kappa shape index (κ3) is 3.75. The fourth-order valence-electron chi connectivity index (χ4n) is 0.725. The molecule has 0 aromatic heterocycles. The highest BCUT2D eigenvalue weighted by Gasteiger charge is 2.30. The van der Waals surface area contributed by atoms with Crippen molar-refractivity contribution in [3.63, 3.8) is 0 Å². The standard InChI is InChI=1S/C8H6F3IO/c1-12-6-2-4-7(5-3-6)13-8(9,10)11/h2-5H,1H2. The van der Waals surface area contributed by atoms with Gasteiger partial charge in [0.25, 0.3) is 0 Å². The van der Waals surface area contributed by atoms with Gasteiger partial charge in [0.05, 0.1) is 0 Å². The maximum atomic E-state index is 11.7. The molecule has 1 aromatic rings. The molecule has 1 nitrogen and oxygen atoms in total. The van der Waals surface area contributed by atoms with Crippen molar-refractivity contribution in [2.45, 2.75) is 6.36 Å². The van der Waals surface area contributed by atoms with E-state index in [0.717, 1.165) is 3.57 Å². The highest BCUT2D eigenvalue weighted by Crippen LogP contribution is 2.23. The summed E-state index contributed by atoms with van der Waals surface area (Å²) in [7, 11) is 0. The summed E-state index contributed by atoms with van der Waals surface area (Å²) < 4.78 is 43.5. The van der Waals surface area contributed by atoms with Gasteiger partial charge in [0, 0.05) is 3.57 Å². The number of alkyl halides is 3. The molecular weight excluding hydrogens is 296 g/mol. The zero-order chi connectivity index (χ0) is 9.90. The van der Waals surface area contributed by atoms with Crippen molar-refractivity contribution in [1.82, 2.24) is 0 Å². The van der Waals surface area contributed by atoms with Crippen molar-refractivity contribution in [3.8, 4) is 5.75 Å². The van der Waals surface area contributed by atoms with Gasteiger partial charge in [0.15, 0.2) is 0 Å². The van der Waals surface area contributed by atoms with Gasteiger partial charge in [0.2, 0.25) is 0 Å². The molecule has 13 heavy (non-hydrogen) atoms. The highest BCUT2D eigenvalue weighted by atomic mass is 127. The molecule has 0 saturated heterocycles. The summed E-state index contributed by atoms with van der Waals surface area (Å²) in [6, 6.07) is 5.80. The molecule has 0 amide bonds. The minimum absolute atomic E-state index is 0.186.